The van der Waals surface area contributed by atoms with Crippen molar-refractivity contribution >= 4 is 11.7 Å². The second-order valence-corrected chi connectivity index (χ2v) is 8.88. The largest absolute Gasteiger partial charge is 0.491 e. The zero-order chi connectivity index (χ0) is 22.3. The number of benzene rings is 2. The zero-order valence-electron chi connectivity index (χ0n) is 18.8. The molecule has 0 aliphatic rings. The minimum absolute atomic E-state index is 0.0239. The van der Waals surface area contributed by atoms with Gasteiger partial charge in [0.2, 0.25) is 0 Å². The highest BCUT2D eigenvalue weighted by molar-refractivity contribution is 5.91. The number of nitrogens with zero attached hydrogens (tertiary/aromatic N) is 2. The molecule has 0 atom stereocenters. The SMILES string of the molecule is Cc1cccc(OCCCn2cnc(-c3ccccc3)c2)c1NC(=O)NCC(C)(C)C. The summed E-state index contributed by atoms with van der Waals surface area (Å²) in [6.45, 7) is 10.1. The van der Waals surface area contributed by atoms with Crippen molar-refractivity contribution in [3.63, 3.8) is 0 Å². The van der Waals surface area contributed by atoms with Crippen LogP contribution >= 0.6 is 0 Å². The Morgan fingerprint density at radius 1 is 1.10 bits per heavy atom. The summed E-state index contributed by atoms with van der Waals surface area (Å²) in [7, 11) is 0. The zero-order valence-corrected chi connectivity index (χ0v) is 18.8. The van der Waals surface area contributed by atoms with Crippen molar-refractivity contribution in [1.29, 1.82) is 0 Å². The number of carbonyl (C=O) groups excluding carboxylic acids is 1. The highest BCUT2D eigenvalue weighted by Gasteiger charge is 2.14. The Labute approximate surface area is 184 Å². The van der Waals surface area contributed by atoms with Gasteiger partial charge in [-0.3, -0.25) is 0 Å². The minimum Gasteiger partial charge on any atom is -0.491 e. The van der Waals surface area contributed by atoms with Crippen LogP contribution in [0, 0.1) is 12.3 Å². The van der Waals surface area contributed by atoms with Crippen LogP contribution in [-0.4, -0.2) is 28.7 Å². The van der Waals surface area contributed by atoms with E-state index < -0.39 is 0 Å². The molecule has 0 aliphatic carbocycles. The van der Waals surface area contributed by atoms with Gasteiger partial charge in [-0.15, -0.1) is 0 Å². The topological polar surface area (TPSA) is 68.2 Å². The molecule has 2 N–H and O–H groups in total. The Morgan fingerprint density at radius 2 is 1.87 bits per heavy atom. The molecule has 0 saturated carbocycles. The van der Waals surface area contributed by atoms with Crippen LogP contribution in [0.25, 0.3) is 11.3 Å². The fraction of sp³-hybridized carbons (Fsp3) is 0.360. The highest BCUT2D eigenvalue weighted by atomic mass is 16.5. The van der Waals surface area contributed by atoms with Crippen molar-refractivity contribution in [2.45, 2.75) is 40.7 Å². The number of nitrogens with one attached hydrogen (secondary N) is 2. The molecule has 0 radical (unpaired) electrons. The van der Waals surface area contributed by atoms with Gasteiger partial charge in [-0.05, 0) is 30.4 Å². The maximum atomic E-state index is 12.3. The molecule has 2 aromatic carbocycles. The highest BCUT2D eigenvalue weighted by Crippen LogP contribution is 2.28. The predicted octanol–water partition coefficient (Wildman–Crippen LogP) is 5.50. The van der Waals surface area contributed by atoms with E-state index in [-0.39, 0.29) is 11.4 Å². The average molecular weight is 421 g/mol. The lowest BCUT2D eigenvalue weighted by molar-refractivity contribution is 0.246. The molecule has 2 amide bonds. The number of anilines is 1. The first-order chi connectivity index (χ1) is 14.8. The summed E-state index contributed by atoms with van der Waals surface area (Å²) in [6, 6.07) is 15.7. The van der Waals surface area contributed by atoms with Gasteiger partial charge >= 0.3 is 6.03 Å². The monoisotopic (exact) mass is 420 g/mol. The van der Waals surface area contributed by atoms with Gasteiger partial charge in [0.15, 0.2) is 0 Å². The Balaban J connectivity index is 1.52. The molecular formula is C25H32N4O2. The lowest BCUT2D eigenvalue weighted by Crippen LogP contribution is -2.35. The van der Waals surface area contributed by atoms with E-state index in [0.717, 1.165) is 29.8 Å². The number of amides is 2. The van der Waals surface area contributed by atoms with Gasteiger partial charge in [0.25, 0.3) is 0 Å². The van der Waals surface area contributed by atoms with E-state index >= 15 is 0 Å². The molecule has 3 aromatic rings. The van der Waals surface area contributed by atoms with Crippen LogP contribution in [0.1, 0.15) is 32.8 Å². The van der Waals surface area contributed by atoms with Crippen LogP contribution in [-0.2, 0) is 6.54 Å². The van der Waals surface area contributed by atoms with Crippen LogP contribution < -0.4 is 15.4 Å². The third kappa shape index (κ3) is 6.88. The molecule has 0 bridgehead atoms. The van der Waals surface area contributed by atoms with E-state index in [1.807, 2.05) is 49.6 Å². The van der Waals surface area contributed by atoms with Crippen molar-refractivity contribution in [3.8, 4) is 17.0 Å². The Kier molecular flexibility index (Phi) is 7.34. The number of hydrogen-bond donors (Lipinski definition) is 2. The van der Waals surface area contributed by atoms with Crippen molar-refractivity contribution in [2.24, 2.45) is 5.41 Å². The molecule has 0 spiro atoms. The number of para-hydroxylation sites is 1. The van der Waals surface area contributed by atoms with Crippen LogP contribution in [0.5, 0.6) is 5.75 Å². The first-order valence-corrected chi connectivity index (χ1v) is 10.7. The Morgan fingerprint density at radius 3 is 2.61 bits per heavy atom. The molecule has 6 nitrogen and oxygen atoms in total. The summed E-state index contributed by atoms with van der Waals surface area (Å²) < 4.78 is 8.07. The first kappa shape index (κ1) is 22.4. The molecule has 3 rings (SSSR count). The summed E-state index contributed by atoms with van der Waals surface area (Å²) in [5.41, 5.74) is 3.77. The molecule has 0 aliphatic heterocycles. The Hall–Kier alpha value is -3.28. The van der Waals surface area contributed by atoms with Crippen LogP contribution in [0.4, 0.5) is 10.5 Å². The second kappa shape index (κ2) is 10.2. The van der Waals surface area contributed by atoms with Crippen molar-refractivity contribution in [3.05, 3.63) is 66.6 Å². The number of carbonyl (C=O) groups is 1. The average Bonchev–Trinajstić information content (AvgIpc) is 3.21. The third-order valence-corrected chi connectivity index (χ3v) is 4.77. The van der Waals surface area contributed by atoms with Gasteiger partial charge in [-0.1, -0.05) is 63.2 Å². The van der Waals surface area contributed by atoms with Crippen LogP contribution in [0.3, 0.4) is 0 Å². The number of imidazole rings is 1. The van der Waals surface area contributed by atoms with E-state index in [2.05, 4.69) is 59.3 Å². The van der Waals surface area contributed by atoms with Gasteiger partial charge in [-0.25, -0.2) is 9.78 Å². The molecule has 0 saturated heterocycles. The number of hydrogen-bond acceptors (Lipinski definition) is 3. The molecule has 1 heterocycles. The number of aryl methyl sites for hydroxylation is 2. The predicted molar refractivity (Wildman–Crippen MR) is 125 cm³/mol. The molecule has 164 valence electrons. The number of aromatic nitrogens is 2. The van der Waals surface area contributed by atoms with Gasteiger partial charge in [0.05, 0.1) is 24.3 Å². The summed E-state index contributed by atoms with van der Waals surface area (Å²) in [6.07, 6.45) is 4.73. The van der Waals surface area contributed by atoms with Crippen molar-refractivity contribution in [2.75, 3.05) is 18.5 Å². The van der Waals surface area contributed by atoms with E-state index in [1.165, 1.54) is 0 Å². The van der Waals surface area contributed by atoms with Gasteiger partial charge in [0.1, 0.15) is 5.75 Å². The number of urea groups is 1. The van der Waals surface area contributed by atoms with Gasteiger partial charge in [0, 0.05) is 24.8 Å². The fourth-order valence-corrected chi connectivity index (χ4v) is 3.09. The van der Waals surface area contributed by atoms with Crippen molar-refractivity contribution < 1.29 is 9.53 Å². The number of ether oxygens (including phenoxy) is 1. The molecule has 1 aromatic heterocycles. The standard InChI is InChI=1S/C25H32N4O2/c1-19-10-8-13-22(23(19)28-24(30)26-17-25(2,3)4)31-15-9-14-29-16-21(27-18-29)20-11-6-5-7-12-20/h5-8,10-13,16,18H,9,14-15,17H2,1-4H3,(H2,26,28,30). The molecule has 6 heteroatoms. The molecule has 0 fully saturated rings. The summed E-state index contributed by atoms with van der Waals surface area (Å²) in [5, 5.41) is 5.86. The van der Waals surface area contributed by atoms with Gasteiger partial charge < -0.3 is 19.9 Å². The maximum absolute atomic E-state index is 12.3. The van der Waals surface area contributed by atoms with E-state index in [1.54, 1.807) is 0 Å². The van der Waals surface area contributed by atoms with Crippen molar-refractivity contribution in [1.82, 2.24) is 14.9 Å². The third-order valence-electron chi connectivity index (χ3n) is 4.77. The minimum atomic E-state index is -0.221. The molecular weight excluding hydrogens is 388 g/mol. The van der Waals surface area contributed by atoms with E-state index in [0.29, 0.717) is 24.6 Å². The quantitative estimate of drug-likeness (QED) is 0.473. The van der Waals surface area contributed by atoms with E-state index in [9.17, 15) is 4.79 Å². The summed E-state index contributed by atoms with van der Waals surface area (Å²) in [4.78, 5) is 16.8. The van der Waals surface area contributed by atoms with Crippen LogP contribution in [0.2, 0.25) is 0 Å². The normalized spacial score (nSPS) is 11.2. The fourth-order valence-electron chi connectivity index (χ4n) is 3.09. The maximum Gasteiger partial charge on any atom is 0.319 e. The lowest BCUT2D eigenvalue weighted by atomic mass is 9.97. The summed E-state index contributed by atoms with van der Waals surface area (Å²) >= 11 is 0. The lowest BCUT2D eigenvalue weighted by Gasteiger charge is -2.20. The first-order valence-electron chi connectivity index (χ1n) is 10.7. The smallest absolute Gasteiger partial charge is 0.319 e. The van der Waals surface area contributed by atoms with E-state index in [4.69, 9.17) is 4.74 Å². The van der Waals surface area contributed by atoms with Crippen LogP contribution in [0.15, 0.2) is 61.1 Å². The summed E-state index contributed by atoms with van der Waals surface area (Å²) in [5.74, 6) is 0.682. The Bertz CT molecular complexity index is 990. The molecule has 0 unspecified atom stereocenters. The van der Waals surface area contributed by atoms with Gasteiger partial charge in [-0.2, -0.15) is 0 Å². The molecule has 31 heavy (non-hydrogen) atoms. The number of rotatable bonds is 8. The second-order valence-electron chi connectivity index (χ2n) is 8.88.